The number of likely N-dealkylation sites (N-methyl/N-ethyl adjacent to an activating group) is 1. The summed E-state index contributed by atoms with van der Waals surface area (Å²) in [6.45, 7) is 5.04. The quantitative estimate of drug-likeness (QED) is 0.691. The highest BCUT2D eigenvalue weighted by molar-refractivity contribution is 5.81. The van der Waals surface area contributed by atoms with Crippen molar-refractivity contribution < 1.29 is 9.53 Å². The van der Waals surface area contributed by atoms with E-state index >= 15 is 0 Å². The fourth-order valence-corrected chi connectivity index (χ4v) is 1.59. The second-order valence-corrected chi connectivity index (χ2v) is 3.60. The second-order valence-electron chi connectivity index (χ2n) is 3.60. The van der Waals surface area contributed by atoms with Crippen molar-refractivity contribution >= 4 is 5.91 Å². The lowest BCUT2D eigenvalue weighted by Gasteiger charge is -2.32. The smallest absolute Gasteiger partial charge is 0.253 e. The van der Waals surface area contributed by atoms with Crippen molar-refractivity contribution in [2.45, 2.75) is 25.9 Å². The van der Waals surface area contributed by atoms with Gasteiger partial charge in [0, 0.05) is 19.6 Å². The van der Waals surface area contributed by atoms with E-state index < -0.39 is 0 Å². The van der Waals surface area contributed by atoms with Crippen LogP contribution < -0.4 is 5.32 Å². The number of carbonyl (C=O) groups excluding carboxylic acids is 1. The molecule has 1 aliphatic rings. The Labute approximate surface area is 85.6 Å². The van der Waals surface area contributed by atoms with Gasteiger partial charge in [-0.25, -0.2) is 0 Å². The molecule has 0 aromatic heterocycles. The molecule has 1 heterocycles. The summed E-state index contributed by atoms with van der Waals surface area (Å²) >= 11 is 0. The first-order valence-corrected chi connectivity index (χ1v) is 5.34. The lowest BCUT2D eigenvalue weighted by atomic mass is 10.2. The molecule has 1 atom stereocenters. The van der Waals surface area contributed by atoms with Crippen LogP contribution in [0.3, 0.4) is 0 Å². The normalized spacial score (nSPS) is 22.9. The lowest BCUT2D eigenvalue weighted by Crippen LogP contribution is -2.51. The van der Waals surface area contributed by atoms with E-state index in [-0.39, 0.29) is 12.0 Å². The maximum absolute atomic E-state index is 11.8. The molecule has 1 saturated heterocycles. The molecule has 1 unspecified atom stereocenters. The number of hydrogen-bond acceptors (Lipinski definition) is 3. The summed E-state index contributed by atoms with van der Waals surface area (Å²) in [6.07, 6.45) is 1.94. The topological polar surface area (TPSA) is 41.6 Å². The highest BCUT2D eigenvalue weighted by Gasteiger charge is 2.28. The van der Waals surface area contributed by atoms with Crippen LogP contribution in [0.5, 0.6) is 0 Å². The molecule has 1 N–H and O–H groups in total. The van der Waals surface area contributed by atoms with Gasteiger partial charge in [-0.1, -0.05) is 13.3 Å². The maximum Gasteiger partial charge on any atom is 0.253 e. The number of nitrogens with one attached hydrogen (secondary N) is 1. The summed E-state index contributed by atoms with van der Waals surface area (Å²) in [6, 6.07) is 0. The van der Waals surface area contributed by atoms with Gasteiger partial charge < -0.3 is 15.0 Å². The third-order valence-electron chi connectivity index (χ3n) is 2.44. The predicted octanol–water partition coefficient (Wildman–Crippen LogP) is 0.233. The molecular weight excluding hydrogens is 180 g/mol. The van der Waals surface area contributed by atoms with Crippen molar-refractivity contribution in [1.82, 2.24) is 10.2 Å². The Morgan fingerprint density at radius 1 is 1.64 bits per heavy atom. The van der Waals surface area contributed by atoms with Gasteiger partial charge in [0.15, 0.2) is 0 Å². The van der Waals surface area contributed by atoms with Gasteiger partial charge in [0.05, 0.1) is 6.61 Å². The molecule has 0 bridgehead atoms. The Balaban J connectivity index is 2.40. The van der Waals surface area contributed by atoms with Gasteiger partial charge in [-0.05, 0) is 13.5 Å². The highest BCUT2D eigenvalue weighted by atomic mass is 16.5. The summed E-state index contributed by atoms with van der Waals surface area (Å²) in [5.74, 6) is 0.138. The average molecular weight is 200 g/mol. The molecule has 82 valence electrons. The van der Waals surface area contributed by atoms with Gasteiger partial charge >= 0.3 is 0 Å². The fourth-order valence-electron chi connectivity index (χ4n) is 1.59. The van der Waals surface area contributed by atoms with E-state index in [0.717, 1.165) is 25.9 Å². The minimum absolute atomic E-state index is 0.138. The molecule has 4 heteroatoms. The van der Waals surface area contributed by atoms with Crippen LogP contribution in [-0.4, -0.2) is 50.2 Å². The summed E-state index contributed by atoms with van der Waals surface area (Å²) in [4.78, 5) is 13.7. The molecule has 0 aromatic rings. The first kappa shape index (κ1) is 11.5. The van der Waals surface area contributed by atoms with Crippen LogP contribution in [0.4, 0.5) is 0 Å². The molecule has 1 fully saturated rings. The summed E-state index contributed by atoms with van der Waals surface area (Å²) < 4.78 is 5.39. The van der Waals surface area contributed by atoms with Gasteiger partial charge in [-0.3, -0.25) is 4.79 Å². The third-order valence-corrected chi connectivity index (χ3v) is 2.44. The molecule has 0 aliphatic carbocycles. The molecule has 1 rings (SSSR count). The first-order chi connectivity index (χ1) is 6.79. The molecule has 0 radical (unpaired) electrons. The Morgan fingerprint density at radius 3 is 3.07 bits per heavy atom. The highest BCUT2D eigenvalue weighted by Crippen LogP contribution is 2.07. The molecule has 1 aliphatic heterocycles. The summed E-state index contributed by atoms with van der Waals surface area (Å²) in [7, 11) is 1.83. The lowest BCUT2D eigenvalue weighted by molar-refractivity contribution is -0.152. The number of carbonyl (C=O) groups is 1. The van der Waals surface area contributed by atoms with E-state index in [4.69, 9.17) is 4.74 Å². The van der Waals surface area contributed by atoms with Crippen LogP contribution in [0, 0.1) is 0 Å². The molecule has 14 heavy (non-hydrogen) atoms. The van der Waals surface area contributed by atoms with Gasteiger partial charge in [-0.15, -0.1) is 0 Å². The number of ether oxygens (including phenoxy) is 1. The van der Waals surface area contributed by atoms with E-state index in [2.05, 4.69) is 12.2 Å². The standard InChI is InChI=1S/C10H20N2O2/c1-3-4-5-12-6-7-14-9(8-11-2)10(12)13/h9,11H,3-8H2,1-2H3. The number of rotatable bonds is 5. The minimum Gasteiger partial charge on any atom is -0.365 e. The van der Waals surface area contributed by atoms with E-state index in [9.17, 15) is 4.79 Å². The minimum atomic E-state index is -0.273. The molecular formula is C10H20N2O2. The molecule has 0 aromatic carbocycles. The summed E-state index contributed by atoms with van der Waals surface area (Å²) in [5, 5.41) is 2.97. The van der Waals surface area contributed by atoms with Gasteiger partial charge in [-0.2, -0.15) is 0 Å². The fraction of sp³-hybridized carbons (Fsp3) is 0.900. The van der Waals surface area contributed by atoms with Crippen molar-refractivity contribution in [3.8, 4) is 0 Å². The van der Waals surface area contributed by atoms with Crippen LogP contribution in [0.15, 0.2) is 0 Å². The molecule has 1 amide bonds. The van der Waals surface area contributed by atoms with E-state index in [1.807, 2.05) is 11.9 Å². The predicted molar refractivity (Wildman–Crippen MR) is 55.2 cm³/mol. The number of nitrogens with zero attached hydrogens (tertiary/aromatic N) is 1. The van der Waals surface area contributed by atoms with E-state index in [0.29, 0.717) is 13.2 Å². The Bertz CT molecular complexity index is 183. The zero-order chi connectivity index (χ0) is 10.4. The van der Waals surface area contributed by atoms with Crippen LogP contribution in [0.2, 0.25) is 0 Å². The zero-order valence-corrected chi connectivity index (χ0v) is 9.08. The van der Waals surface area contributed by atoms with Crippen molar-refractivity contribution in [3.63, 3.8) is 0 Å². The first-order valence-electron chi connectivity index (χ1n) is 5.34. The van der Waals surface area contributed by atoms with Crippen molar-refractivity contribution in [2.24, 2.45) is 0 Å². The largest absolute Gasteiger partial charge is 0.365 e. The van der Waals surface area contributed by atoms with Crippen LogP contribution >= 0.6 is 0 Å². The van der Waals surface area contributed by atoms with Gasteiger partial charge in [0.1, 0.15) is 6.10 Å². The van der Waals surface area contributed by atoms with Crippen LogP contribution in [0.1, 0.15) is 19.8 Å². The molecule has 0 saturated carbocycles. The van der Waals surface area contributed by atoms with Crippen LogP contribution in [-0.2, 0) is 9.53 Å². The Morgan fingerprint density at radius 2 is 2.43 bits per heavy atom. The van der Waals surface area contributed by atoms with E-state index in [1.54, 1.807) is 0 Å². The molecule has 0 spiro atoms. The van der Waals surface area contributed by atoms with Gasteiger partial charge in [0.2, 0.25) is 0 Å². The molecule has 4 nitrogen and oxygen atoms in total. The van der Waals surface area contributed by atoms with Crippen LogP contribution in [0.25, 0.3) is 0 Å². The SMILES string of the molecule is CCCCN1CCOC(CNC)C1=O. The Kier molecular flexibility index (Phi) is 4.90. The van der Waals surface area contributed by atoms with Crippen molar-refractivity contribution in [1.29, 1.82) is 0 Å². The average Bonchev–Trinajstić information content (AvgIpc) is 2.20. The second kappa shape index (κ2) is 5.98. The van der Waals surface area contributed by atoms with Gasteiger partial charge in [0.25, 0.3) is 5.91 Å². The zero-order valence-electron chi connectivity index (χ0n) is 9.08. The van der Waals surface area contributed by atoms with E-state index in [1.165, 1.54) is 0 Å². The number of amides is 1. The van der Waals surface area contributed by atoms with Crippen molar-refractivity contribution in [2.75, 3.05) is 33.3 Å². The summed E-state index contributed by atoms with van der Waals surface area (Å²) in [5.41, 5.74) is 0. The Hall–Kier alpha value is -0.610. The number of hydrogen-bond donors (Lipinski definition) is 1. The number of unbranched alkanes of at least 4 members (excludes halogenated alkanes) is 1. The van der Waals surface area contributed by atoms with Crippen molar-refractivity contribution in [3.05, 3.63) is 0 Å². The third kappa shape index (κ3) is 2.96. The number of morpholine rings is 1. The monoisotopic (exact) mass is 200 g/mol. The maximum atomic E-state index is 11.8.